The maximum absolute atomic E-state index is 9.86. The molecule has 0 atom stereocenters. The molecule has 0 saturated heterocycles. The molecule has 0 fully saturated rings. The molecule has 1 N–H and O–H groups in total. The van der Waals surface area contributed by atoms with Crippen molar-refractivity contribution in [1.29, 1.82) is 0 Å². The van der Waals surface area contributed by atoms with Crippen LogP contribution in [0.4, 0.5) is 0 Å². The van der Waals surface area contributed by atoms with Crippen molar-refractivity contribution in [3.8, 4) is 5.75 Å². The predicted octanol–water partition coefficient (Wildman–Crippen LogP) is 3.08. The minimum absolute atomic E-state index is 0.321. The first kappa shape index (κ1) is 13.0. The molecule has 3 nitrogen and oxygen atoms in total. The van der Waals surface area contributed by atoms with Crippen molar-refractivity contribution in [2.45, 2.75) is 34.0 Å². The van der Waals surface area contributed by atoms with E-state index in [0.717, 1.165) is 16.7 Å². The van der Waals surface area contributed by atoms with Gasteiger partial charge in [-0.25, -0.2) is 0 Å². The molecule has 0 bridgehead atoms. The Hall–Kier alpha value is -1.06. The van der Waals surface area contributed by atoms with E-state index < -0.39 is 0 Å². The first-order valence-corrected chi connectivity index (χ1v) is 5.64. The van der Waals surface area contributed by atoms with Crippen LogP contribution in [0.15, 0.2) is 12.1 Å². The highest BCUT2D eigenvalue weighted by atomic mass is 16.7. The molecule has 1 aromatic rings. The van der Waals surface area contributed by atoms with Crippen LogP contribution in [0.25, 0.3) is 0 Å². The number of hydrogen-bond acceptors (Lipinski definition) is 3. The number of benzene rings is 1. The van der Waals surface area contributed by atoms with Crippen molar-refractivity contribution in [3.05, 3.63) is 28.8 Å². The monoisotopic (exact) mass is 224 g/mol. The SMILES string of the molecule is CCOC(OCC)c1ccc(C)c(O)c1C. The van der Waals surface area contributed by atoms with Gasteiger partial charge in [0.1, 0.15) is 5.75 Å². The van der Waals surface area contributed by atoms with E-state index in [-0.39, 0.29) is 6.29 Å². The maximum atomic E-state index is 9.86. The van der Waals surface area contributed by atoms with Crippen LogP contribution in [0.3, 0.4) is 0 Å². The number of aromatic hydroxyl groups is 1. The summed E-state index contributed by atoms with van der Waals surface area (Å²) in [5.41, 5.74) is 2.59. The molecule has 16 heavy (non-hydrogen) atoms. The Morgan fingerprint density at radius 2 is 1.69 bits per heavy atom. The van der Waals surface area contributed by atoms with E-state index in [4.69, 9.17) is 9.47 Å². The molecule has 0 amide bonds. The molecule has 1 aromatic carbocycles. The lowest BCUT2D eigenvalue weighted by Gasteiger charge is -2.20. The summed E-state index contributed by atoms with van der Waals surface area (Å²) >= 11 is 0. The third-order valence-corrected chi connectivity index (χ3v) is 2.56. The average molecular weight is 224 g/mol. The summed E-state index contributed by atoms with van der Waals surface area (Å²) in [5, 5.41) is 9.86. The zero-order valence-corrected chi connectivity index (χ0v) is 10.4. The lowest BCUT2D eigenvalue weighted by Crippen LogP contribution is -2.10. The summed E-state index contributed by atoms with van der Waals surface area (Å²) in [6.07, 6.45) is -0.388. The standard InChI is InChI=1S/C13H20O3/c1-5-15-13(16-6-2)11-8-7-9(3)12(14)10(11)4/h7-8,13-14H,5-6H2,1-4H3. The molecule has 90 valence electrons. The fourth-order valence-corrected chi connectivity index (χ4v) is 1.64. The fourth-order valence-electron chi connectivity index (χ4n) is 1.64. The number of phenolic OH excluding ortho intramolecular Hbond substituents is 1. The maximum Gasteiger partial charge on any atom is 0.184 e. The minimum atomic E-state index is -0.388. The molecule has 0 unspecified atom stereocenters. The highest BCUT2D eigenvalue weighted by molar-refractivity contribution is 5.44. The minimum Gasteiger partial charge on any atom is -0.507 e. The van der Waals surface area contributed by atoms with Crippen LogP contribution in [-0.4, -0.2) is 18.3 Å². The Kier molecular flexibility index (Phi) is 4.77. The summed E-state index contributed by atoms with van der Waals surface area (Å²) in [6.45, 7) is 8.77. The van der Waals surface area contributed by atoms with E-state index in [1.807, 2.05) is 39.8 Å². The Morgan fingerprint density at radius 3 is 2.19 bits per heavy atom. The van der Waals surface area contributed by atoms with Crippen molar-refractivity contribution >= 4 is 0 Å². The number of ether oxygens (including phenoxy) is 2. The van der Waals surface area contributed by atoms with E-state index in [9.17, 15) is 5.11 Å². The van der Waals surface area contributed by atoms with Gasteiger partial charge in [-0.2, -0.15) is 0 Å². The summed E-state index contributed by atoms with van der Waals surface area (Å²) in [6, 6.07) is 3.82. The van der Waals surface area contributed by atoms with Gasteiger partial charge in [-0.3, -0.25) is 0 Å². The smallest absolute Gasteiger partial charge is 0.184 e. The normalized spacial score (nSPS) is 11.1. The topological polar surface area (TPSA) is 38.7 Å². The lowest BCUT2D eigenvalue weighted by atomic mass is 10.0. The number of hydrogen-bond donors (Lipinski definition) is 1. The molecule has 0 aromatic heterocycles. The molecule has 0 saturated carbocycles. The van der Waals surface area contributed by atoms with Crippen molar-refractivity contribution < 1.29 is 14.6 Å². The molecule has 0 spiro atoms. The molecular weight excluding hydrogens is 204 g/mol. The van der Waals surface area contributed by atoms with Gasteiger partial charge in [0.25, 0.3) is 0 Å². The van der Waals surface area contributed by atoms with E-state index in [1.165, 1.54) is 0 Å². The number of aryl methyl sites for hydroxylation is 1. The van der Waals surface area contributed by atoms with Crippen LogP contribution in [0.5, 0.6) is 5.75 Å². The van der Waals surface area contributed by atoms with Crippen LogP contribution >= 0.6 is 0 Å². The van der Waals surface area contributed by atoms with Gasteiger partial charge in [-0.05, 0) is 38.8 Å². The third-order valence-electron chi connectivity index (χ3n) is 2.56. The first-order chi connectivity index (χ1) is 7.61. The Morgan fingerprint density at radius 1 is 1.12 bits per heavy atom. The second-order valence-electron chi connectivity index (χ2n) is 3.69. The lowest BCUT2D eigenvalue weighted by molar-refractivity contribution is -0.140. The molecule has 1 rings (SSSR count). The zero-order chi connectivity index (χ0) is 12.1. The van der Waals surface area contributed by atoms with Gasteiger partial charge in [0.15, 0.2) is 6.29 Å². The molecule has 0 radical (unpaired) electrons. The van der Waals surface area contributed by atoms with Gasteiger partial charge in [0.2, 0.25) is 0 Å². The van der Waals surface area contributed by atoms with Gasteiger partial charge in [0, 0.05) is 18.8 Å². The zero-order valence-electron chi connectivity index (χ0n) is 10.4. The Balaban J connectivity index is 3.04. The average Bonchev–Trinajstić information content (AvgIpc) is 2.26. The first-order valence-electron chi connectivity index (χ1n) is 5.64. The van der Waals surface area contributed by atoms with E-state index in [2.05, 4.69) is 0 Å². The molecule has 3 heteroatoms. The van der Waals surface area contributed by atoms with Gasteiger partial charge in [0.05, 0.1) is 0 Å². The van der Waals surface area contributed by atoms with E-state index in [0.29, 0.717) is 19.0 Å². The summed E-state index contributed by atoms with van der Waals surface area (Å²) in [4.78, 5) is 0. The second-order valence-corrected chi connectivity index (χ2v) is 3.69. The Labute approximate surface area is 97.0 Å². The summed E-state index contributed by atoms with van der Waals surface area (Å²) in [7, 11) is 0. The van der Waals surface area contributed by atoms with Gasteiger partial charge >= 0.3 is 0 Å². The Bertz CT molecular complexity index is 341. The summed E-state index contributed by atoms with van der Waals surface area (Å²) in [5.74, 6) is 0.321. The molecule has 0 aliphatic heterocycles. The molecule has 0 aliphatic carbocycles. The highest BCUT2D eigenvalue weighted by Gasteiger charge is 2.16. The summed E-state index contributed by atoms with van der Waals surface area (Å²) < 4.78 is 11.0. The van der Waals surface area contributed by atoms with Gasteiger partial charge in [-0.15, -0.1) is 0 Å². The van der Waals surface area contributed by atoms with Crippen LogP contribution < -0.4 is 0 Å². The van der Waals surface area contributed by atoms with Crippen LogP contribution in [-0.2, 0) is 9.47 Å². The van der Waals surface area contributed by atoms with Crippen molar-refractivity contribution in [3.63, 3.8) is 0 Å². The van der Waals surface area contributed by atoms with Crippen molar-refractivity contribution in [1.82, 2.24) is 0 Å². The van der Waals surface area contributed by atoms with E-state index >= 15 is 0 Å². The van der Waals surface area contributed by atoms with Crippen LogP contribution in [0.1, 0.15) is 36.8 Å². The second kappa shape index (κ2) is 5.87. The van der Waals surface area contributed by atoms with Crippen molar-refractivity contribution in [2.75, 3.05) is 13.2 Å². The van der Waals surface area contributed by atoms with E-state index in [1.54, 1.807) is 0 Å². The van der Waals surface area contributed by atoms with Crippen LogP contribution in [0, 0.1) is 13.8 Å². The predicted molar refractivity (Wildman–Crippen MR) is 63.6 cm³/mol. The number of rotatable bonds is 5. The number of phenols is 1. The fraction of sp³-hybridized carbons (Fsp3) is 0.538. The molecule has 0 heterocycles. The molecule has 0 aliphatic rings. The molecular formula is C13H20O3. The quantitative estimate of drug-likeness (QED) is 0.781. The van der Waals surface area contributed by atoms with Gasteiger partial charge in [-0.1, -0.05) is 12.1 Å². The largest absolute Gasteiger partial charge is 0.507 e. The highest BCUT2D eigenvalue weighted by Crippen LogP contribution is 2.30. The third kappa shape index (κ3) is 2.74. The van der Waals surface area contributed by atoms with Gasteiger partial charge < -0.3 is 14.6 Å². The van der Waals surface area contributed by atoms with Crippen molar-refractivity contribution in [2.24, 2.45) is 0 Å². The van der Waals surface area contributed by atoms with Crippen LogP contribution in [0.2, 0.25) is 0 Å².